The molecular formula is C7H9N3O2S. The summed E-state index contributed by atoms with van der Waals surface area (Å²) in [5.74, 6) is -0.932. The summed E-state index contributed by atoms with van der Waals surface area (Å²) >= 11 is 1.10. The number of thioether (sulfide) groups is 1. The van der Waals surface area contributed by atoms with Crippen molar-refractivity contribution in [2.24, 2.45) is 5.73 Å². The van der Waals surface area contributed by atoms with Crippen molar-refractivity contribution in [3.8, 4) is 0 Å². The third kappa shape index (κ3) is 3.00. The average Bonchev–Trinajstić information content (AvgIpc) is 2.15. The predicted octanol–water partition coefficient (Wildman–Crippen LogP) is -0.0194. The Kier molecular flexibility index (Phi) is 3.66. The molecule has 1 aromatic heterocycles. The normalized spacial score (nSPS) is 12.4. The first kappa shape index (κ1) is 9.94. The van der Waals surface area contributed by atoms with Crippen LogP contribution in [-0.4, -0.2) is 32.8 Å². The van der Waals surface area contributed by atoms with E-state index in [0.717, 1.165) is 11.8 Å². The Morgan fingerprint density at radius 2 is 2.46 bits per heavy atom. The Balaban J connectivity index is 2.62. The van der Waals surface area contributed by atoms with Crippen molar-refractivity contribution in [2.45, 2.75) is 10.3 Å². The zero-order valence-electron chi connectivity index (χ0n) is 6.75. The first-order chi connectivity index (χ1) is 6.24. The molecule has 0 saturated carbocycles. The SMILES string of the molecule is NCC(Sc1cnccn1)C(=O)O. The molecule has 0 aliphatic heterocycles. The molecule has 6 heteroatoms. The minimum absolute atomic E-state index is 0.0799. The fourth-order valence-electron chi connectivity index (χ4n) is 0.691. The maximum Gasteiger partial charge on any atom is 0.318 e. The quantitative estimate of drug-likeness (QED) is 0.662. The molecule has 0 aromatic carbocycles. The Morgan fingerprint density at radius 1 is 1.69 bits per heavy atom. The molecule has 1 heterocycles. The van der Waals surface area contributed by atoms with E-state index in [0.29, 0.717) is 5.03 Å². The number of nitrogens with two attached hydrogens (primary N) is 1. The maximum absolute atomic E-state index is 10.6. The first-order valence-corrected chi connectivity index (χ1v) is 4.47. The summed E-state index contributed by atoms with van der Waals surface area (Å²) in [6.07, 6.45) is 4.55. The summed E-state index contributed by atoms with van der Waals surface area (Å²) in [4.78, 5) is 18.3. The number of nitrogens with zero attached hydrogens (tertiary/aromatic N) is 2. The summed E-state index contributed by atoms with van der Waals surface area (Å²) in [6, 6.07) is 0. The maximum atomic E-state index is 10.6. The fourth-order valence-corrected chi connectivity index (χ4v) is 1.42. The van der Waals surface area contributed by atoms with Gasteiger partial charge < -0.3 is 10.8 Å². The van der Waals surface area contributed by atoms with Crippen LogP contribution in [0, 0.1) is 0 Å². The van der Waals surface area contributed by atoms with Gasteiger partial charge in [-0.2, -0.15) is 0 Å². The zero-order chi connectivity index (χ0) is 9.68. The minimum atomic E-state index is -0.932. The number of aromatic nitrogens is 2. The van der Waals surface area contributed by atoms with Crippen LogP contribution in [0.15, 0.2) is 23.6 Å². The molecule has 0 aliphatic carbocycles. The molecule has 0 bridgehead atoms. The van der Waals surface area contributed by atoms with E-state index in [4.69, 9.17) is 10.8 Å². The number of carboxylic acids is 1. The molecule has 70 valence electrons. The minimum Gasteiger partial charge on any atom is -0.480 e. The second-order valence-corrected chi connectivity index (χ2v) is 3.45. The molecule has 0 radical (unpaired) electrons. The second kappa shape index (κ2) is 4.78. The molecule has 1 atom stereocenters. The number of aliphatic carboxylic acids is 1. The Hall–Kier alpha value is -1.14. The van der Waals surface area contributed by atoms with Crippen LogP contribution in [0.1, 0.15) is 0 Å². The highest BCUT2D eigenvalue weighted by molar-refractivity contribution is 8.00. The molecular weight excluding hydrogens is 190 g/mol. The lowest BCUT2D eigenvalue weighted by Crippen LogP contribution is -2.25. The molecule has 13 heavy (non-hydrogen) atoms. The van der Waals surface area contributed by atoms with Gasteiger partial charge in [-0.1, -0.05) is 11.8 Å². The summed E-state index contributed by atoms with van der Waals surface area (Å²) in [5.41, 5.74) is 5.27. The van der Waals surface area contributed by atoms with Crippen molar-refractivity contribution in [3.05, 3.63) is 18.6 Å². The highest BCUT2D eigenvalue weighted by Gasteiger charge is 2.17. The predicted molar refractivity (Wildman–Crippen MR) is 48.4 cm³/mol. The largest absolute Gasteiger partial charge is 0.480 e. The van der Waals surface area contributed by atoms with Crippen LogP contribution < -0.4 is 5.73 Å². The monoisotopic (exact) mass is 199 g/mol. The lowest BCUT2D eigenvalue weighted by Gasteiger charge is -2.06. The average molecular weight is 199 g/mol. The fraction of sp³-hybridized carbons (Fsp3) is 0.286. The van der Waals surface area contributed by atoms with Crippen molar-refractivity contribution in [1.29, 1.82) is 0 Å². The molecule has 0 spiro atoms. The van der Waals surface area contributed by atoms with E-state index < -0.39 is 11.2 Å². The van der Waals surface area contributed by atoms with Crippen LogP contribution in [0.2, 0.25) is 0 Å². The van der Waals surface area contributed by atoms with E-state index in [-0.39, 0.29) is 6.54 Å². The Bertz CT molecular complexity index is 280. The highest BCUT2D eigenvalue weighted by atomic mass is 32.2. The van der Waals surface area contributed by atoms with Crippen molar-refractivity contribution in [3.63, 3.8) is 0 Å². The molecule has 0 fully saturated rings. The van der Waals surface area contributed by atoms with Crippen molar-refractivity contribution >= 4 is 17.7 Å². The molecule has 1 unspecified atom stereocenters. The van der Waals surface area contributed by atoms with Gasteiger partial charge in [0.15, 0.2) is 0 Å². The smallest absolute Gasteiger partial charge is 0.318 e. The van der Waals surface area contributed by atoms with Gasteiger partial charge in [0.2, 0.25) is 0 Å². The molecule has 0 aliphatic rings. The lowest BCUT2D eigenvalue weighted by molar-refractivity contribution is -0.136. The number of carbonyl (C=O) groups is 1. The van der Waals surface area contributed by atoms with E-state index in [1.54, 1.807) is 0 Å². The van der Waals surface area contributed by atoms with Crippen molar-refractivity contribution in [2.75, 3.05) is 6.54 Å². The molecule has 5 nitrogen and oxygen atoms in total. The molecule has 3 N–H and O–H groups in total. The van der Waals surface area contributed by atoms with Gasteiger partial charge >= 0.3 is 5.97 Å². The topological polar surface area (TPSA) is 89.1 Å². The van der Waals surface area contributed by atoms with Crippen LogP contribution in [0.3, 0.4) is 0 Å². The zero-order valence-corrected chi connectivity index (χ0v) is 7.57. The van der Waals surface area contributed by atoms with E-state index in [1.807, 2.05) is 0 Å². The van der Waals surface area contributed by atoms with Crippen LogP contribution in [0.4, 0.5) is 0 Å². The van der Waals surface area contributed by atoms with E-state index in [1.165, 1.54) is 18.6 Å². The van der Waals surface area contributed by atoms with Gasteiger partial charge in [0.25, 0.3) is 0 Å². The summed E-state index contributed by atoms with van der Waals surface area (Å²) in [6.45, 7) is 0.0799. The number of rotatable bonds is 4. The van der Waals surface area contributed by atoms with Gasteiger partial charge in [0.05, 0.1) is 6.20 Å². The van der Waals surface area contributed by atoms with Gasteiger partial charge in [-0.05, 0) is 0 Å². The van der Waals surface area contributed by atoms with E-state index in [2.05, 4.69) is 9.97 Å². The van der Waals surface area contributed by atoms with Crippen LogP contribution in [0.25, 0.3) is 0 Å². The number of hydrogen-bond donors (Lipinski definition) is 2. The summed E-state index contributed by atoms with van der Waals surface area (Å²) in [7, 11) is 0. The van der Waals surface area contributed by atoms with Crippen LogP contribution >= 0.6 is 11.8 Å². The molecule has 1 aromatic rings. The van der Waals surface area contributed by atoms with E-state index >= 15 is 0 Å². The standard InChI is InChI=1S/C7H9N3O2S/c8-3-5(7(11)12)13-6-4-9-1-2-10-6/h1-2,4-5H,3,8H2,(H,11,12). The molecule has 0 saturated heterocycles. The number of carboxylic acid groups (broad SMARTS) is 1. The second-order valence-electron chi connectivity index (χ2n) is 2.22. The molecule has 1 rings (SSSR count). The van der Waals surface area contributed by atoms with Crippen LogP contribution in [-0.2, 0) is 4.79 Å². The van der Waals surface area contributed by atoms with Gasteiger partial charge in [0.1, 0.15) is 10.3 Å². The number of hydrogen-bond acceptors (Lipinski definition) is 5. The van der Waals surface area contributed by atoms with Gasteiger partial charge in [-0.3, -0.25) is 9.78 Å². The van der Waals surface area contributed by atoms with E-state index in [9.17, 15) is 4.79 Å². The highest BCUT2D eigenvalue weighted by Crippen LogP contribution is 2.19. The first-order valence-electron chi connectivity index (χ1n) is 3.59. The molecule has 0 amide bonds. The Morgan fingerprint density at radius 3 is 2.92 bits per heavy atom. The summed E-state index contributed by atoms with van der Waals surface area (Å²) in [5, 5.41) is 8.60. The third-order valence-electron chi connectivity index (χ3n) is 1.29. The third-order valence-corrected chi connectivity index (χ3v) is 2.42. The van der Waals surface area contributed by atoms with Crippen LogP contribution in [0.5, 0.6) is 0 Å². The lowest BCUT2D eigenvalue weighted by atomic mass is 10.4. The van der Waals surface area contributed by atoms with Gasteiger partial charge in [-0.25, -0.2) is 4.98 Å². The van der Waals surface area contributed by atoms with Gasteiger partial charge in [-0.15, -0.1) is 0 Å². The summed E-state index contributed by atoms with van der Waals surface area (Å²) < 4.78 is 0. The van der Waals surface area contributed by atoms with Crippen molar-refractivity contribution < 1.29 is 9.90 Å². The van der Waals surface area contributed by atoms with Crippen molar-refractivity contribution in [1.82, 2.24) is 9.97 Å². The Labute approximate surface area is 79.4 Å². The van der Waals surface area contributed by atoms with Gasteiger partial charge in [0, 0.05) is 18.9 Å².